The van der Waals surface area contributed by atoms with Crippen molar-refractivity contribution in [2.45, 2.75) is 18.9 Å². The lowest BCUT2D eigenvalue weighted by molar-refractivity contribution is -0.135. The van der Waals surface area contributed by atoms with Gasteiger partial charge in [0.25, 0.3) is 0 Å². The molecule has 0 radical (unpaired) electrons. The lowest BCUT2D eigenvalue weighted by Crippen LogP contribution is -2.41. The van der Waals surface area contributed by atoms with E-state index in [0.29, 0.717) is 23.6 Å². The molecule has 22 heavy (non-hydrogen) atoms. The summed E-state index contributed by atoms with van der Waals surface area (Å²) in [7, 11) is 0. The molecule has 1 saturated heterocycles. The zero-order valence-electron chi connectivity index (χ0n) is 11.5. The number of rotatable bonds is 1. The molecule has 6 heteroatoms. The Morgan fingerprint density at radius 1 is 1.14 bits per heavy atom. The number of hydrogen-bond donors (Lipinski definition) is 1. The first-order valence-corrected chi connectivity index (χ1v) is 7.42. The highest BCUT2D eigenvalue weighted by Crippen LogP contribution is 2.33. The minimum Gasteiger partial charge on any atom is -0.313 e. The lowest BCUT2D eigenvalue weighted by Gasteiger charge is -2.23. The Bertz CT molecular complexity index is 932. The fraction of sp³-hybridized carbons (Fsp3) is 0.188. The number of halogens is 1. The molecule has 1 fully saturated rings. The summed E-state index contributed by atoms with van der Waals surface area (Å²) in [6.07, 6.45) is 0.789. The van der Waals surface area contributed by atoms with E-state index >= 15 is 0 Å². The number of carbonyl (C=O) groups excluding carboxylic acids is 2. The molecular formula is C16H12ClN3O2. The number of imide groups is 1. The summed E-state index contributed by atoms with van der Waals surface area (Å²) in [6, 6.07) is 11.0. The van der Waals surface area contributed by atoms with E-state index in [0.717, 1.165) is 16.3 Å². The number of aromatic nitrogens is 2. The highest BCUT2D eigenvalue weighted by atomic mass is 35.5. The molecule has 0 bridgehead atoms. The van der Waals surface area contributed by atoms with E-state index in [1.807, 2.05) is 34.9 Å². The number of hydrogen-bond acceptors (Lipinski definition) is 3. The second-order valence-corrected chi connectivity index (χ2v) is 5.75. The zero-order valence-corrected chi connectivity index (χ0v) is 12.3. The van der Waals surface area contributed by atoms with Gasteiger partial charge in [-0.25, -0.2) is 4.98 Å². The number of benzene rings is 1. The van der Waals surface area contributed by atoms with Gasteiger partial charge in [-0.1, -0.05) is 29.8 Å². The molecule has 4 rings (SSSR count). The number of para-hydroxylation sites is 1. The van der Waals surface area contributed by atoms with Gasteiger partial charge in [-0.05, 0) is 24.6 Å². The van der Waals surface area contributed by atoms with Crippen molar-refractivity contribution in [3.63, 3.8) is 0 Å². The van der Waals surface area contributed by atoms with E-state index in [4.69, 9.17) is 11.6 Å². The Morgan fingerprint density at radius 2 is 1.95 bits per heavy atom. The standard InChI is InChI=1S/C16H12ClN3O2/c17-13-7-5-10-9-3-1-2-4-11(9)20(15(10)18-13)12-6-8-14(21)19-16(12)22/h1-5,7,12H,6,8H2,(H,19,21,22). The summed E-state index contributed by atoms with van der Waals surface area (Å²) >= 11 is 6.04. The highest BCUT2D eigenvalue weighted by molar-refractivity contribution is 6.30. The maximum Gasteiger partial charge on any atom is 0.249 e. The average Bonchev–Trinajstić information content (AvgIpc) is 2.81. The number of piperidine rings is 1. The van der Waals surface area contributed by atoms with Crippen LogP contribution in [-0.2, 0) is 9.59 Å². The molecule has 1 aliphatic rings. The number of nitrogens with one attached hydrogen (secondary N) is 1. The van der Waals surface area contributed by atoms with Crippen LogP contribution in [0.5, 0.6) is 0 Å². The van der Waals surface area contributed by atoms with Gasteiger partial charge in [0.15, 0.2) is 0 Å². The van der Waals surface area contributed by atoms with Crippen molar-refractivity contribution in [2.75, 3.05) is 0 Å². The molecule has 5 nitrogen and oxygen atoms in total. The van der Waals surface area contributed by atoms with E-state index < -0.39 is 6.04 Å². The quantitative estimate of drug-likeness (QED) is 0.555. The van der Waals surface area contributed by atoms with E-state index in [2.05, 4.69) is 10.3 Å². The number of pyridine rings is 1. The van der Waals surface area contributed by atoms with Crippen LogP contribution in [0.15, 0.2) is 36.4 Å². The Morgan fingerprint density at radius 3 is 2.77 bits per heavy atom. The normalized spacial score (nSPS) is 18.9. The molecule has 110 valence electrons. The minimum atomic E-state index is -0.453. The molecule has 1 aromatic carbocycles. The third-order valence-corrected chi connectivity index (χ3v) is 4.26. The molecular weight excluding hydrogens is 302 g/mol. The van der Waals surface area contributed by atoms with Crippen molar-refractivity contribution < 1.29 is 9.59 Å². The van der Waals surface area contributed by atoms with Crippen molar-refractivity contribution in [3.8, 4) is 0 Å². The topological polar surface area (TPSA) is 64.0 Å². The maximum atomic E-state index is 12.3. The summed E-state index contributed by atoms with van der Waals surface area (Å²) in [4.78, 5) is 28.1. The predicted molar refractivity (Wildman–Crippen MR) is 83.7 cm³/mol. The van der Waals surface area contributed by atoms with E-state index in [1.165, 1.54) is 0 Å². The van der Waals surface area contributed by atoms with Crippen molar-refractivity contribution in [1.29, 1.82) is 0 Å². The van der Waals surface area contributed by atoms with Gasteiger partial charge in [-0.15, -0.1) is 0 Å². The van der Waals surface area contributed by atoms with Crippen LogP contribution in [0, 0.1) is 0 Å². The van der Waals surface area contributed by atoms with Gasteiger partial charge in [0.05, 0.1) is 5.52 Å². The predicted octanol–water partition coefficient (Wildman–Crippen LogP) is 2.82. The Hall–Kier alpha value is -2.40. The number of carbonyl (C=O) groups is 2. The van der Waals surface area contributed by atoms with E-state index in [9.17, 15) is 9.59 Å². The lowest BCUT2D eigenvalue weighted by atomic mass is 10.1. The Balaban J connectivity index is 2.04. The van der Waals surface area contributed by atoms with Gasteiger partial charge in [-0.3, -0.25) is 14.9 Å². The van der Waals surface area contributed by atoms with Crippen LogP contribution in [0.4, 0.5) is 0 Å². The third kappa shape index (κ3) is 1.89. The summed E-state index contributed by atoms with van der Waals surface area (Å²) in [5.74, 6) is -0.520. The molecule has 0 saturated carbocycles. The molecule has 3 heterocycles. The van der Waals surface area contributed by atoms with Crippen LogP contribution in [0.3, 0.4) is 0 Å². The maximum absolute atomic E-state index is 12.3. The molecule has 0 aliphatic carbocycles. The molecule has 1 aliphatic heterocycles. The Labute approximate surface area is 130 Å². The van der Waals surface area contributed by atoms with Gasteiger partial charge < -0.3 is 4.57 Å². The van der Waals surface area contributed by atoms with Gasteiger partial charge in [0.2, 0.25) is 11.8 Å². The highest BCUT2D eigenvalue weighted by Gasteiger charge is 2.30. The van der Waals surface area contributed by atoms with Gasteiger partial charge in [-0.2, -0.15) is 0 Å². The van der Waals surface area contributed by atoms with Crippen molar-refractivity contribution >= 4 is 45.4 Å². The van der Waals surface area contributed by atoms with Crippen LogP contribution >= 0.6 is 11.6 Å². The third-order valence-electron chi connectivity index (χ3n) is 4.04. The summed E-state index contributed by atoms with van der Waals surface area (Å²) in [5.41, 5.74) is 1.59. The second-order valence-electron chi connectivity index (χ2n) is 5.36. The van der Waals surface area contributed by atoms with Gasteiger partial charge >= 0.3 is 0 Å². The van der Waals surface area contributed by atoms with Crippen molar-refractivity contribution in [2.24, 2.45) is 0 Å². The largest absolute Gasteiger partial charge is 0.313 e. The average molecular weight is 314 g/mol. The summed E-state index contributed by atoms with van der Waals surface area (Å²) in [5, 5.41) is 4.75. The summed E-state index contributed by atoms with van der Waals surface area (Å²) < 4.78 is 1.89. The SMILES string of the molecule is O=C1CCC(n2c3ccccc3c3ccc(Cl)nc32)C(=O)N1. The molecule has 1 atom stereocenters. The minimum absolute atomic E-state index is 0.229. The fourth-order valence-corrected chi connectivity index (χ4v) is 3.23. The van der Waals surface area contributed by atoms with E-state index in [-0.39, 0.29) is 11.8 Å². The van der Waals surface area contributed by atoms with Gasteiger partial charge in [0.1, 0.15) is 16.8 Å². The Kier molecular flexibility index (Phi) is 2.90. The van der Waals surface area contributed by atoms with Gasteiger partial charge in [0, 0.05) is 17.2 Å². The summed E-state index contributed by atoms with van der Waals surface area (Å²) in [6.45, 7) is 0. The first-order valence-electron chi connectivity index (χ1n) is 7.04. The number of amides is 2. The van der Waals surface area contributed by atoms with Crippen LogP contribution in [0.25, 0.3) is 21.9 Å². The second kappa shape index (κ2) is 4.81. The van der Waals surface area contributed by atoms with Crippen LogP contribution in [-0.4, -0.2) is 21.4 Å². The first kappa shape index (κ1) is 13.3. The van der Waals surface area contributed by atoms with E-state index in [1.54, 1.807) is 6.07 Å². The first-order chi connectivity index (χ1) is 10.6. The van der Waals surface area contributed by atoms with Crippen LogP contribution < -0.4 is 5.32 Å². The molecule has 1 unspecified atom stereocenters. The number of nitrogens with zero attached hydrogens (tertiary/aromatic N) is 2. The zero-order chi connectivity index (χ0) is 15.3. The molecule has 0 spiro atoms. The monoisotopic (exact) mass is 313 g/mol. The fourth-order valence-electron chi connectivity index (χ4n) is 3.09. The van der Waals surface area contributed by atoms with Crippen LogP contribution in [0.2, 0.25) is 5.15 Å². The van der Waals surface area contributed by atoms with Crippen LogP contribution in [0.1, 0.15) is 18.9 Å². The smallest absolute Gasteiger partial charge is 0.249 e. The molecule has 2 amide bonds. The molecule has 1 N–H and O–H groups in total. The van der Waals surface area contributed by atoms with Crippen molar-refractivity contribution in [1.82, 2.24) is 14.9 Å². The van der Waals surface area contributed by atoms with Crippen molar-refractivity contribution in [3.05, 3.63) is 41.6 Å². The molecule has 2 aromatic heterocycles. The number of fused-ring (bicyclic) bond motifs is 3. The molecule has 3 aromatic rings.